The van der Waals surface area contributed by atoms with Crippen molar-refractivity contribution in [2.45, 2.75) is 52.1 Å². The fourth-order valence-electron chi connectivity index (χ4n) is 2.63. The number of carbonyl (C=O) groups is 1. The van der Waals surface area contributed by atoms with Crippen LogP contribution in [0, 0.1) is 5.92 Å². The number of carbonyl (C=O) groups excluding carboxylic acids is 1. The van der Waals surface area contributed by atoms with Crippen molar-refractivity contribution in [3.05, 3.63) is 36.4 Å². The molecule has 0 aliphatic heterocycles. The van der Waals surface area contributed by atoms with E-state index in [4.69, 9.17) is 9.47 Å². The molecule has 0 unspecified atom stereocenters. The number of esters is 1. The van der Waals surface area contributed by atoms with E-state index in [2.05, 4.69) is 13.5 Å². The van der Waals surface area contributed by atoms with Gasteiger partial charge in [0.1, 0.15) is 11.5 Å². The molecule has 1 aliphatic carbocycles. The highest BCUT2D eigenvalue weighted by Gasteiger charge is 2.21. The molecule has 1 aromatic carbocycles. The molecular formula is C18H24O3. The minimum absolute atomic E-state index is 0.316. The predicted octanol–water partition coefficient (Wildman–Crippen LogP) is 4.52. The summed E-state index contributed by atoms with van der Waals surface area (Å²) in [5.41, 5.74) is 0.392. The Balaban J connectivity index is 1.85. The van der Waals surface area contributed by atoms with Crippen LogP contribution in [0.5, 0.6) is 11.5 Å². The molecule has 1 aliphatic rings. The number of benzene rings is 1. The third kappa shape index (κ3) is 4.62. The molecule has 0 heterocycles. The minimum atomic E-state index is -0.401. The zero-order valence-electron chi connectivity index (χ0n) is 12.9. The normalized spacial score (nSPS) is 21.6. The third-order valence-electron chi connectivity index (χ3n) is 4.06. The summed E-state index contributed by atoms with van der Waals surface area (Å²) in [5.74, 6) is 1.82. The van der Waals surface area contributed by atoms with Crippen LogP contribution < -0.4 is 9.47 Å². The number of rotatable bonds is 5. The maximum absolute atomic E-state index is 11.4. The Bertz CT molecular complexity index is 482. The highest BCUT2D eigenvalue weighted by Crippen LogP contribution is 2.29. The lowest BCUT2D eigenvalue weighted by Crippen LogP contribution is -2.23. The Morgan fingerprint density at radius 2 is 1.71 bits per heavy atom. The van der Waals surface area contributed by atoms with Gasteiger partial charge in [0.15, 0.2) is 0 Å². The van der Waals surface area contributed by atoms with Crippen molar-refractivity contribution in [3.8, 4) is 11.5 Å². The monoisotopic (exact) mass is 288 g/mol. The molecule has 1 aromatic rings. The van der Waals surface area contributed by atoms with Crippen molar-refractivity contribution in [3.63, 3.8) is 0 Å². The van der Waals surface area contributed by atoms with Crippen molar-refractivity contribution in [2.24, 2.45) is 5.92 Å². The van der Waals surface area contributed by atoms with Gasteiger partial charge in [-0.25, -0.2) is 4.79 Å². The first-order valence-corrected chi connectivity index (χ1v) is 7.73. The SMILES string of the molecule is C=C(C)C(=O)Oc1ccc(OC2CCC(CC)CC2)cc1. The fourth-order valence-corrected chi connectivity index (χ4v) is 2.63. The Labute approximate surface area is 127 Å². The van der Waals surface area contributed by atoms with E-state index in [1.54, 1.807) is 19.1 Å². The Kier molecular flexibility index (Phi) is 5.43. The van der Waals surface area contributed by atoms with Crippen LogP contribution in [0.2, 0.25) is 0 Å². The van der Waals surface area contributed by atoms with Crippen molar-refractivity contribution >= 4 is 5.97 Å². The van der Waals surface area contributed by atoms with E-state index in [-0.39, 0.29) is 0 Å². The molecule has 0 bridgehead atoms. The molecule has 0 amide bonds. The maximum Gasteiger partial charge on any atom is 0.338 e. The lowest BCUT2D eigenvalue weighted by Gasteiger charge is -2.28. The summed E-state index contributed by atoms with van der Waals surface area (Å²) < 4.78 is 11.2. The zero-order valence-corrected chi connectivity index (χ0v) is 12.9. The van der Waals surface area contributed by atoms with Gasteiger partial charge < -0.3 is 9.47 Å². The van der Waals surface area contributed by atoms with Crippen LogP contribution in [0.25, 0.3) is 0 Å². The summed E-state index contributed by atoms with van der Waals surface area (Å²) in [5, 5.41) is 0. The second kappa shape index (κ2) is 7.30. The largest absolute Gasteiger partial charge is 0.490 e. The smallest absolute Gasteiger partial charge is 0.338 e. The first-order chi connectivity index (χ1) is 10.1. The van der Waals surface area contributed by atoms with E-state index in [1.807, 2.05) is 12.1 Å². The topological polar surface area (TPSA) is 35.5 Å². The van der Waals surface area contributed by atoms with Crippen molar-refractivity contribution < 1.29 is 14.3 Å². The molecule has 3 nitrogen and oxygen atoms in total. The average molecular weight is 288 g/mol. The van der Waals surface area contributed by atoms with E-state index in [9.17, 15) is 4.79 Å². The Morgan fingerprint density at radius 1 is 1.14 bits per heavy atom. The van der Waals surface area contributed by atoms with Gasteiger partial charge in [-0.2, -0.15) is 0 Å². The van der Waals surface area contributed by atoms with Crippen LogP contribution in [0.4, 0.5) is 0 Å². The summed E-state index contributed by atoms with van der Waals surface area (Å²) in [6.07, 6.45) is 6.37. The average Bonchev–Trinajstić information content (AvgIpc) is 2.50. The highest BCUT2D eigenvalue weighted by molar-refractivity contribution is 5.88. The van der Waals surface area contributed by atoms with Gasteiger partial charge in [-0.3, -0.25) is 0 Å². The van der Waals surface area contributed by atoms with Crippen LogP contribution in [-0.2, 0) is 4.79 Å². The maximum atomic E-state index is 11.4. The molecule has 21 heavy (non-hydrogen) atoms. The number of hydrogen-bond acceptors (Lipinski definition) is 3. The molecular weight excluding hydrogens is 264 g/mol. The molecule has 114 valence electrons. The lowest BCUT2D eigenvalue weighted by molar-refractivity contribution is -0.130. The zero-order chi connectivity index (χ0) is 15.2. The summed E-state index contributed by atoms with van der Waals surface area (Å²) >= 11 is 0. The van der Waals surface area contributed by atoms with E-state index in [1.165, 1.54) is 19.3 Å². The summed E-state index contributed by atoms with van der Waals surface area (Å²) in [4.78, 5) is 11.4. The second-order valence-electron chi connectivity index (χ2n) is 5.81. The molecule has 1 fully saturated rings. The molecule has 0 N–H and O–H groups in total. The predicted molar refractivity (Wildman–Crippen MR) is 83.6 cm³/mol. The van der Waals surface area contributed by atoms with Crippen LogP contribution in [0.15, 0.2) is 36.4 Å². The van der Waals surface area contributed by atoms with Crippen molar-refractivity contribution in [1.82, 2.24) is 0 Å². The minimum Gasteiger partial charge on any atom is -0.490 e. The summed E-state index contributed by atoms with van der Waals surface area (Å²) in [6, 6.07) is 7.22. The van der Waals surface area contributed by atoms with Gasteiger partial charge in [0.2, 0.25) is 0 Å². The lowest BCUT2D eigenvalue weighted by atomic mass is 9.86. The van der Waals surface area contributed by atoms with E-state index in [0.29, 0.717) is 17.4 Å². The molecule has 0 saturated heterocycles. The number of hydrogen-bond donors (Lipinski definition) is 0. The third-order valence-corrected chi connectivity index (χ3v) is 4.06. The van der Waals surface area contributed by atoms with E-state index < -0.39 is 5.97 Å². The van der Waals surface area contributed by atoms with Crippen LogP contribution in [-0.4, -0.2) is 12.1 Å². The quantitative estimate of drug-likeness (QED) is 0.454. The van der Waals surface area contributed by atoms with Crippen LogP contribution >= 0.6 is 0 Å². The van der Waals surface area contributed by atoms with E-state index >= 15 is 0 Å². The van der Waals surface area contributed by atoms with Crippen LogP contribution in [0.1, 0.15) is 46.0 Å². The van der Waals surface area contributed by atoms with Gasteiger partial charge in [0.05, 0.1) is 6.10 Å². The molecule has 0 atom stereocenters. The second-order valence-corrected chi connectivity index (χ2v) is 5.81. The van der Waals surface area contributed by atoms with Gasteiger partial charge in [-0.15, -0.1) is 0 Å². The van der Waals surface area contributed by atoms with E-state index in [0.717, 1.165) is 24.5 Å². The van der Waals surface area contributed by atoms with Gasteiger partial charge in [-0.1, -0.05) is 19.9 Å². The van der Waals surface area contributed by atoms with Gasteiger partial charge in [0.25, 0.3) is 0 Å². The molecule has 0 aromatic heterocycles. The van der Waals surface area contributed by atoms with Crippen molar-refractivity contribution in [2.75, 3.05) is 0 Å². The standard InChI is InChI=1S/C18H24O3/c1-4-14-5-7-15(8-6-14)20-16-9-11-17(12-10-16)21-18(19)13(2)3/h9-12,14-15H,2,4-8H2,1,3H3. The fraction of sp³-hybridized carbons (Fsp3) is 0.500. The Morgan fingerprint density at radius 3 is 2.24 bits per heavy atom. The summed E-state index contributed by atoms with van der Waals surface area (Å²) in [7, 11) is 0. The first kappa shape index (κ1) is 15.6. The highest BCUT2D eigenvalue weighted by atomic mass is 16.5. The summed E-state index contributed by atoms with van der Waals surface area (Å²) in [6.45, 7) is 7.45. The number of ether oxygens (including phenoxy) is 2. The first-order valence-electron chi connectivity index (χ1n) is 7.73. The molecule has 2 rings (SSSR count). The Hall–Kier alpha value is -1.77. The van der Waals surface area contributed by atoms with Crippen LogP contribution in [0.3, 0.4) is 0 Å². The van der Waals surface area contributed by atoms with Gasteiger partial charge in [0, 0.05) is 5.57 Å². The molecule has 3 heteroatoms. The van der Waals surface area contributed by atoms with Gasteiger partial charge in [-0.05, 0) is 62.8 Å². The van der Waals surface area contributed by atoms with Crippen molar-refractivity contribution in [1.29, 1.82) is 0 Å². The molecule has 0 radical (unpaired) electrons. The molecule has 0 spiro atoms. The molecule has 1 saturated carbocycles. The van der Waals surface area contributed by atoms with Gasteiger partial charge >= 0.3 is 5.97 Å².